The second-order valence-electron chi connectivity index (χ2n) is 6.84. The van der Waals surface area contributed by atoms with Gasteiger partial charge in [-0.3, -0.25) is 4.90 Å². The van der Waals surface area contributed by atoms with Gasteiger partial charge in [-0.1, -0.05) is 44.2 Å². The highest BCUT2D eigenvalue weighted by molar-refractivity contribution is 5.81. The molecule has 1 fully saturated rings. The second kappa shape index (κ2) is 8.46. The Hall–Kier alpha value is -1.39. The van der Waals surface area contributed by atoms with E-state index in [2.05, 4.69) is 18.7 Å². The molecule has 0 bridgehead atoms. The van der Waals surface area contributed by atoms with Crippen molar-refractivity contribution < 1.29 is 14.6 Å². The van der Waals surface area contributed by atoms with Crippen LogP contribution in [0.4, 0.5) is 0 Å². The first-order chi connectivity index (χ1) is 11.0. The maximum atomic E-state index is 12.6. The molecule has 0 radical (unpaired) electrons. The Bertz CT molecular complexity index is 483. The molecule has 1 saturated heterocycles. The van der Waals surface area contributed by atoms with E-state index < -0.39 is 11.6 Å². The van der Waals surface area contributed by atoms with Crippen molar-refractivity contribution in [2.24, 2.45) is 5.92 Å². The monoisotopic (exact) mass is 319 g/mol. The molecule has 1 heterocycles. The fourth-order valence-electron chi connectivity index (χ4n) is 2.97. The molecule has 1 atom stereocenters. The molecule has 2 rings (SSSR count). The van der Waals surface area contributed by atoms with Crippen LogP contribution in [0.2, 0.25) is 0 Å². The van der Waals surface area contributed by atoms with Gasteiger partial charge >= 0.3 is 5.97 Å². The summed E-state index contributed by atoms with van der Waals surface area (Å²) >= 11 is 0. The summed E-state index contributed by atoms with van der Waals surface area (Å²) in [5.41, 5.74) is -0.928. The van der Waals surface area contributed by atoms with Crippen LogP contribution in [0.15, 0.2) is 30.3 Å². The zero-order valence-corrected chi connectivity index (χ0v) is 14.3. The molecule has 0 aliphatic carbocycles. The molecule has 1 aliphatic heterocycles. The van der Waals surface area contributed by atoms with Crippen LogP contribution in [-0.2, 0) is 15.1 Å². The summed E-state index contributed by atoms with van der Waals surface area (Å²) in [6.07, 6.45) is 3.59. The van der Waals surface area contributed by atoms with E-state index in [1.165, 1.54) is 12.8 Å². The molecule has 23 heavy (non-hydrogen) atoms. The minimum Gasteiger partial charge on any atom is -0.462 e. The van der Waals surface area contributed by atoms with Crippen molar-refractivity contribution in [2.75, 3.05) is 26.2 Å². The number of hydrogen-bond acceptors (Lipinski definition) is 4. The first kappa shape index (κ1) is 18.0. The number of esters is 1. The Balaban J connectivity index is 1.98. The van der Waals surface area contributed by atoms with Gasteiger partial charge in [-0.25, -0.2) is 4.79 Å². The zero-order chi connectivity index (χ0) is 16.7. The maximum absolute atomic E-state index is 12.6. The van der Waals surface area contributed by atoms with Crippen LogP contribution in [0.1, 0.15) is 45.1 Å². The van der Waals surface area contributed by atoms with Gasteiger partial charge in [0.1, 0.15) is 6.61 Å². The van der Waals surface area contributed by atoms with E-state index in [0.29, 0.717) is 24.5 Å². The third-order valence-corrected chi connectivity index (χ3v) is 4.51. The standard InChI is InChI=1S/C19H29NO3/c1-16(2)10-11-19(22,17-8-4-3-5-9-17)18(21)23-15-14-20-12-6-7-13-20/h3-5,8-9,16,22H,6-7,10-15H2,1-2H3/t19-/m0/s1. The van der Waals surface area contributed by atoms with Crippen LogP contribution >= 0.6 is 0 Å². The number of benzene rings is 1. The zero-order valence-electron chi connectivity index (χ0n) is 14.3. The van der Waals surface area contributed by atoms with E-state index in [-0.39, 0.29) is 0 Å². The second-order valence-corrected chi connectivity index (χ2v) is 6.84. The molecule has 0 unspecified atom stereocenters. The van der Waals surface area contributed by atoms with Gasteiger partial charge < -0.3 is 9.84 Å². The maximum Gasteiger partial charge on any atom is 0.342 e. The number of ether oxygens (including phenoxy) is 1. The lowest BCUT2D eigenvalue weighted by molar-refractivity contribution is -0.168. The molecule has 1 aromatic carbocycles. The van der Waals surface area contributed by atoms with Gasteiger partial charge in [-0.2, -0.15) is 0 Å². The third-order valence-electron chi connectivity index (χ3n) is 4.51. The van der Waals surface area contributed by atoms with Gasteiger partial charge in [0.2, 0.25) is 0 Å². The average Bonchev–Trinajstić information content (AvgIpc) is 3.06. The van der Waals surface area contributed by atoms with Crippen molar-refractivity contribution in [1.82, 2.24) is 4.90 Å². The summed E-state index contributed by atoms with van der Waals surface area (Å²) in [4.78, 5) is 14.9. The summed E-state index contributed by atoms with van der Waals surface area (Å²) in [5.74, 6) is -0.105. The van der Waals surface area contributed by atoms with E-state index in [9.17, 15) is 9.90 Å². The number of carbonyl (C=O) groups is 1. The van der Waals surface area contributed by atoms with E-state index in [0.717, 1.165) is 26.1 Å². The number of carbonyl (C=O) groups excluding carboxylic acids is 1. The molecular formula is C19H29NO3. The quantitative estimate of drug-likeness (QED) is 0.749. The Morgan fingerprint density at radius 2 is 1.91 bits per heavy atom. The van der Waals surface area contributed by atoms with Gasteiger partial charge in [-0.15, -0.1) is 0 Å². The molecule has 0 saturated carbocycles. The fourth-order valence-corrected chi connectivity index (χ4v) is 2.97. The number of likely N-dealkylation sites (tertiary alicyclic amines) is 1. The largest absolute Gasteiger partial charge is 0.462 e. The average molecular weight is 319 g/mol. The van der Waals surface area contributed by atoms with Crippen LogP contribution in [0.3, 0.4) is 0 Å². The van der Waals surface area contributed by atoms with Crippen molar-refractivity contribution in [3.63, 3.8) is 0 Å². The molecule has 4 heteroatoms. The van der Waals surface area contributed by atoms with Crippen LogP contribution < -0.4 is 0 Å². The van der Waals surface area contributed by atoms with Crippen molar-refractivity contribution in [3.8, 4) is 0 Å². The molecule has 1 aliphatic rings. The Morgan fingerprint density at radius 1 is 1.26 bits per heavy atom. The Morgan fingerprint density at radius 3 is 2.52 bits per heavy atom. The van der Waals surface area contributed by atoms with Crippen LogP contribution in [0, 0.1) is 5.92 Å². The van der Waals surface area contributed by atoms with E-state index in [4.69, 9.17) is 4.74 Å². The fraction of sp³-hybridized carbons (Fsp3) is 0.632. The minimum atomic E-state index is -1.55. The van der Waals surface area contributed by atoms with Gasteiger partial charge in [0, 0.05) is 6.54 Å². The number of hydrogen-bond donors (Lipinski definition) is 1. The van der Waals surface area contributed by atoms with Crippen LogP contribution in [0.5, 0.6) is 0 Å². The third kappa shape index (κ3) is 5.05. The molecule has 0 amide bonds. The van der Waals surface area contributed by atoms with E-state index in [1.807, 2.05) is 18.2 Å². The molecule has 128 valence electrons. The lowest BCUT2D eigenvalue weighted by Crippen LogP contribution is -2.39. The van der Waals surface area contributed by atoms with Gasteiger partial charge in [-0.05, 0) is 50.3 Å². The molecule has 0 spiro atoms. The van der Waals surface area contributed by atoms with Crippen LogP contribution in [-0.4, -0.2) is 42.2 Å². The molecular weight excluding hydrogens is 290 g/mol. The van der Waals surface area contributed by atoms with Gasteiger partial charge in [0.05, 0.1) is 0 Å². The van der Waals surface area contributed by atoms with E-state index in [1.54, 1.807) is 12.1 Å². The first-order valence-corrected chi connectivity index (χ1v) is 8.70. The minimum absolute atomic E-state index is 0.343. The number of aliphatic hydroxyl groups is 1. The normalized spacial score (nSPS) is 18.1. The summed E-state index contributed by atoms with van der Waals surface area (Å²) < 4.78 is 5.43. The predicted molar refractivity (Wildman–Crippen MR) is 91.0 cm³/mol. The molecule has 1 aromatic rings. The van der Waals surface area contributed by atoms with Crippen molar-refractivity contribution in [3.05, 3.63) is 35.9 Å². The topological polar surface area (TPSA) is 49.8 Å². The van der Waals surface area contributed by atoms with Crippen LogP contribution in [0.25, 0.3) is 0 Å². The first-order valence-electron chi connectivity index (χ1n) is 8.70. The summed E-state index contributed by atoms with van der Waals surface area (Å²) in [5, 5.41) is 11.0. The smallest absolute Gasteiger partial charge is 0.342 e. The highest BCUT2D eigenvalue weighted by Crippen LogP contribution is 2.29. The van der Waals surface area contributed by atoms with Gasteiger partial charge in [0.25, 0.3) is 0 Å². The van der Waals surface area contributed by atoms with Crippen molar-refractivity contribution in [1.29, 1.82) is 0 Å². The lowest BCUT2D eigenvalue weighted by Gasteiger charge is -2.27. The highest BCUT2D eigenvalue weighted by Gasteiger charge is 2.39. The Kier molecular flexibility index (Phi) is 6.60. The van der Waals surface area contributed by atoms with Gasteiger partial charge in [0.15, 0.2) is 5.60 Å². The number of nitrogens with zero attached hydrogens (tertiary/aromatic N) is 1. The highest BCUT2D eigenvalue weighted by atomic mass is 16.5. The summed E-state index contributed by atoms with van der Waals surface area (Å²) in [7, 11) is 0. The van der Waals surface area contributed by atoms with Crippen molar-refractivity contribution in [2.45, 2.75) is 45.1 Å². The van der Waals surface area contributed by atoms with Crippen molar-refractivity contribution >= 4 is 5.97 Å². The lowest BCUT2D eigenvalue weighted by atomic mass is 9.87. The summed E-state index contributed by atoms with van der Waals surface area (Å²) in [6.45, 7) is 7.42. The molecule has 1 N–H and O–H groups in total. The molecule has 4 nitrogen and oxygen atoms in total. The number of rotatable bonds is 8. The SMILES string of the molecule is CC(C)CC[C@@](O)(C(=O)OCCN1CCCC1)c1ccccc1. The molecule has 0 aromatic heterocycles. The van der Waals surface area contributed by atoms with E-state index >= 15 is 0 Å². The summed E-state index contributed by atoms with van der Waals surface area (Å²) in [6, 6.07) is 9.15. The predicted octanol–water partition coefficient (Wildman–Crippen LogP) is 2.95. The Labute approximate surface area is 139 Å².